The van der Waals surface area contributed by atoms with E-state index >= 15 is 0 Å². The summed E-state index contributed by atoms with van der Waals surface area (Å²) in [6.45, 7) is 5.56. The van der Waals surface area contributed by atoms with Crippen LogP contribution in [0.2, 0.25) is 0 Å². The fourth-order valence-corrected chi connectivity index (χ4v) is 3.22. The number of anilines is 1. The third-order valence-electron chi connectivity index (χ3n) is 4.61. The first kappa shape index (κ1) is 14.3. The fraction of sp³-hybridized carbons (Fsp3) is 0.500. The number of fused-ring (bicyclic) bond motifs is 1. The van der Waals surface area contributed by atoms with Crippen molar-refractivity contribution in [1.29, 1.82) is 0 Å². The van der Waals surface area contributed by atoms with Crippen molar-refractivity contribution in [2.24, 2.45) is 5.73 Å². The zero-order chi connectivity index (χ0) is 14.8. The van der Waals surface area contributed by atoms with Crippen molar-refractivity contribution < 1.29 is 0 Å². The molecule has 1 saturated heterocycles. The Morgan fingerprint density at radius 3 is 2.90 bits per heavy atom. The van der Waals surface area contributed by atoms with Crippen LogP contribution in [0.25, 0.3) is 10.9 Å². The van der Waals surface area contributed by atoms with Crippen LogP contribution in [-0.4, -0.2) is 23.6 Å². The van der Waals surface area contributed by atoms with Crippen LogP contribution in [0, 0.1) is 0 Å². The molecule has 21 heavy (non-hydrogen) atoms. The lowest BCUT2D eigenvalue weighted by atomic mass is 10.0. The predicted molar refractivity (Wildman–Crippen MR) is 89.8 cm³/mol. The Morgan fingerprint density at radius 1 is 1.38 bits per heavy atom. The molecule has 112 valence electrons. The maximum absolute atomic E-state index is 6.20. The molecule has 2 aromatic rings. The van der Waals surface area contributed by atoms with Gasteiger partial charge in [-0.05, 0) is 50.3 Å². The molecule has 0 saturated carbocycles. The van der Waals surface area contributed by atoms with E-state index < -0.39 is 0 Å². The van der Waals surface area contributed by atoms with E-state index in [-0.39, 0.29) is 6.04 Å². The van der Waals surface area contributed by atoms with Crippen LogP contribution in [0.3, 0.4) is 0 Å². The molecule has 0 amide bonds. The maximum Gasteiger partial charge on any atom is 0.132 e. The number of nitrogens with zero attached hydrogens (tertiary/aromatic N) is 2. The van der Waals surface area contributed by atoms with E-state index in [1.54, 1.807) is 0 Å². The van der Waals surface area contributed by atoms with Crippen molar-refractivity contribution in [3.63, 3.8) is 0 Å². The molecule has 2 heterocycles. The van der Waals surface area contributed by atoms with Gasteiger partial charge in [0, 0.05) is 24.0 Å². The van der Waals surface area contributed by atoms with E-state index in [2.05, 4.69) is 49.1 Å². The zero-order valence-electron chi connectivity index (χ0n) is 13.0. The minimum Gasteiger partial charge on any atom is -0.354 e. The lowest BCUT2D eigenvalue weighted by Gasteiger charge is -2.26. The second-order valence-corrected chi connectivity index (χ2v) is 6.22. The van der Waals surface area contributed by atoms with E-state index in [0.717, 1.165) is 30.7 Å². The standard InChI is InChI=1S/C18H25N3/c1-3-16(19)12-15-11-14-8-4-5-9-17(14)20-18(15)21-10-6-7-13(21)2/h4-5,8-9,11,13,16H,3,6-7,10,12,19H2,1-2H3. The molecule has 0 aliphatic carbocycles. The van der Waals surface area contributed by atoms with Crippen LogP contribution < -0.4 is 10.6 Å². The van der Waals surface area contributed by atoms with Crippen LogP contribution >= 0.6 is 0 Å². The number of hydrogen-bond acceptors (Lipinski definition) is 3. The van der Waals surface area contributed by atoms with Crippen LogP contribution in [0.4, 0.5) is 5.82 Å². The Balaban J connectivity index is 2.07. The lowest BCUT2D eigenvalue weighted by molar-refractivity contribution is 0.641. The number of benzene rings is 1. The molecular formula is C18H25N3. The first-order chi connectivity index (χ1) is 10.2. The van der Waals surface area contributed by atoms with Gasteiger partial charge in [0.05, 0.1) is 5.52 Å². The molecule has 2 atom stereocenters. The van der Waals surface area contributed by atoms with Crippen molar-refractivity contribution in [3.8, 4) is 0 Å². The van der Waals surface area contributed by atoms with Gasteiger partial charge in [0.1, 0.15) is 5.82 Å². The van der Waals surface area contributed by atoms with Crippen LogP contribution in [0.5, 0.6) is 0 Å². The first-order valence-electron chi connectivity index (χ1n) is 8.10. The van der Waals surface area contributed by atoms with E-state index in [0.29, 0.717) is 6.04 Å². The average molecular weight is 283 g/mol. The summed E-state index contributed by atoms with van der Waals surface area (Å²) in [7, 11) is 0. The Kier molecular flexibility index (Phi) is 4.11. The Labute approximate surface area is 127 Å². The summed E-state index contributed by atoms with van der Waals surface area (Å²) in [5, 5.41) is 1.21. The molecule has 1 aliphatic heterocycles. The summed E-state index contributed by atoms with van der Waals surface area (Å²) in [6, 6.07) is 11.5. The first-order valence-corrected chi connectivity index (χ1v) is 8.10. The monoisotopic (exact) mass is 283 g/mol. The molecule has 0 bridgehead atoms. The van der Waals surface area contributed by atoms with Crippen LogP contribution in [-0.2, 0) is 6.42 Å². The van der Waals surface area contributed by atoms with Crippen LogP contribution in [0.1, 0.15) is 38.7 Å². The van der Waals surface area contributed by atoms with E-state index in [9.17, 15) is 0 Å². The van der Waals surface area contributed by atoms with Gasteiger partial charge in [-0.3, -0.25) is 0 Å². The van der Waals surface area contributed by atoms with Crippen molar-refractivity contribution in [2.45, 2.75) is 51.6 Å². The highest BCUT2D eigenvalue weighted by molar-refractivity contribution is 5.82. The number of aromatic nitrogens is 1. The van der Waals surface area contributed by atoms with Gasteiger partial charge in [0.25, 0.3) is 0 Å². The second-order valence-electron chi connectivity index (χ2n) is 6.22. The molecule has 3 heteroatoms. The Morgan fingerprint density at radius 2 is 2.19 bits per heavy atom. The summed E-state index contributed by atoms with van der Waals surface area (Å²) in [4.78, 5) is 7.43. The Bertz CT molecular complexity index is 623. The molecule has 2 N–H and O–H groups in total. The van der Waals surface area contributed by atoms with Crippen molar-refractivity contribution >= 4 is 16.7 Å². The minimum absolute atomic E-state index is 0.213. The molecule has 0 radical (unpaired) electrons. The fourth-order valence-electron chi connectivity index (χ4n) is 3.22. The molecule has 1 aromatic heterocycles. The highest BCUT2D eigenvalue weighted by Crippen LogP contribution is 2.30. The molecule has 3 nitrogen and oxygen atoms in total. The van der Waals surface area contributed by atoms with Gasteiger partial charge >= 0.3 is 0 Å². The summed E-state index contributed by atoms with van der Waals surface area (Å²) >= 11 is 0. The average Bonchev–Trinajstić information content (AvgIpc) is 2.92. The van der Waals surface area contributed by atoms with Gasteiger partial charge in [-0.1, -0.05) is 25.1 Å². The SMILES string of the molecule is CCC(N)Cc1cc2ccccc2nc1N1CCCC1C. The van der Waals surface area contributed by atoms with Gasteiger partial charge in [0.2, 0.25) is 0 Å². The summed E-state index contributed by atoms with van der Waals surface area (Å²) in [6.07, 6.45) is 4.43. The lowest BCUT2D eigenvalue weighted by Crippen LogP contribution is -2.30. The van der Waals surface area contributed by atoms with Gasteiger partial charge in [0.15, 0.2) is 0 Å². The van der Waals surface area contributed by atoms with Gasteiger partial charge in [-0.25, -0.2) is 4.98 Å². The zero-order valence-corrected chi connectivity index (χ0v) is 13.0. The van der Waals surface area contributed by atoms with Crippen LogP contribution in [0.15, 0.2) is 30.3 Å². The molecular weight excluding hydrogens is 258 g/mol. The Hall–Kier alpha value is -1.61. The topological polar surface area (TPSA) is 42.1 Å². The van der Waals surface area contributed by atoms with Gasteiger partial charge < -0.3 is 10.6 Å². The van der Waals surface area contributed by atoms with Gasteiger partial charge in [-0.2, -0.15) is 0 Å². The summed E-state index contributed by atoms with van der Waals surface area (Å²) < 4.78 is 0. The second kappa shape index (κ2) is 6.02. The molecule has 0 spiro atoms. The number of pyridine rings is 1. The molecule has 1 aromatic carbocycles. The van der Waals surface area contributed by atoms with Crippen molar-refractivity contribution in [3.05, 3.63) is 35.9 Å². The summed E-state index contributed by atoms with van der Waals surface area (Å²) in [5.41, 5.74) is 8.59. The molecule has 3 rings (SSSR count). The third-order valence-corrected chi connectivity index (χ3v) is 4.61. The predicted octanol–water partition coefficient (Wildman–Crippen LogP) is 3.50. The van der Waals surface area contributed by atoms with E-state index in [4.69, 9.17) is 10.7 Å². The van der Waals surface area contributed by atoms with E-state index in [1.165, 1.54) is 23.8 Å². The highest BCUT2D eigenvalue weighted by Gasteiger charge is 2.24. The maximum atomic E-state index is 6.20. The minimum atomic E-state index is 0.213. The number of nitrogens with two attached hydrogens (primary N) is 1. The highest BCUT2D eigenvalue weighted by atomic mass is 15.2. The largest absolute Gasteiger partial charge is 0.354 e. The normalized spacial score (nSPS) is 20.1. The van der Waals surface area contributed by atoms with Crippen molar-refractivity contribution in [1.82, 2.24) is 4.98 Å². The quantitative estimate of drug-likeness (QED) is 0.933. The third kappa shape index (κ3) is 2.88. The van der Waals surface area contributed by atoms with Crippen molar-refractivity contribution in [2.75, 3.05) is 11.4 Å². The smallest absolute Gasteiger partial charge is 0.132 e. The summed E-state index contributed by atoms with van der Waals surface area (Å²) in [5.74, 6) is 1.16. The number of rotatable bonds is 4. The van der Waals surface area contributed by atoms with E-state index in [1.807, 2.05) is 0 Å². The molecule has 1 fully saturated rings. The number of para-hydroxylation sites is 1. The van der Waals surface area contributed by atoms with Gasteiger partial charge in [-0.15, -0.1) is 0 Å². The number of hydrogen-bond donors (Lipinski definition) is 1. The molecule has 1 aliphatic rings. The molecule has 2 unspecified atom stereocenters.